The summed E-state index contributed by atoms with van der Waals surface area (Å²) in [6.07, 6.45) is 6.18. The lowest BCUT2D eigenvalue weighted by molar-refractivity contribution is 0.172. The molecule has 2 aromatic rings. The summed E-state index contributed by atoms with van der Waals surface area (Å²) in [5, 5.41) is 1.26. The molecular weight excluding hydrogens is 224 g/mol. The lowest BCUT2D eigenvalue weighted by Gasteiger charge is -2.35. The standard InChI is InChI=1S/C14H20N4/c1-17-7-5-10(15)8-13(17)12-9-18(2)14-11(12)4-3-6-16-14/h3-4,6,9-10,13H,5,7-8,15H2,1-2H3. The number of nitrogens with zero attached hydrogens (tertiary/aromatic N) is 3. The molecule has 0 bridgehead atoms. The van der Waals surface area contributed by atoms with Crippen molar-refractivity contribution in [2.24, 2.45) is 12.8 Å². The highest BCUT2D eigenvalue weighted by Gasteiger charge is 2.27. The molecule has 2 unspecified atom stereocenters. The van der Waals surface area contributed by atoms with E-state index in [9.17, 15) is 0 Å². The number of hydrogen-bond acceptors (Lipinski definition) is 3. The molecule has 1 fully saturated rings. The minimum Gasteiger partial charge on any atom is -0.335 e. The summed E-state index contributed by atoms with van der Waals surface area (Å²) >= 11 is 0. The Hall–Kier alpha value is -1.39. The first-order valence-electron chi connectivity index (χ1n) is 6.52. The normalized spacial score (nSPS) is 25.7. The van der Waals surface area contributed by atoms with E-state index >= 15 is 0 Å². The zero-order valence-electron chi connectivity index (χ0n) is 11.0. The fourth-order valence-electron chi connectivity index (χ4n) is 2.98. The Morgan fingerprint density at radius 1 is 1.39 bits per heavy atom. The Balaban J connectivity index is 2.08. The van der Waals surface area contributed by atoms with Crippen LogP contribution in [-0.4, -0.2) is 34.1 Å². The fraction of sp³-hybridized carbons (Fsp3) is 0.500. The van der Waals surface area contributed by atoms with Gasteiger partial charge in [0.05, 0.1) is 0 Å². The van der Waals surface area contributed by atoms with Crippen molar-refractivity contribution in [3.05, 3.63) is 30.1 Å². The van der Waals surface area contributed by atoms with Crippen molar-refractivity contribution in [1.82, 2.24) is 14.5 Å². The van der Waals surface area contributed by atoms with Crippen LogP contribution in [-0.2, 0) is 7.05 Å². The maximum atomic E-state index is 6.13. The van der Waals surface area contributed by atoms with Crippen LogP contribution in [0.25, 0.3) is 11.0 Å². The van der Waals surface area contributed by atoms with E-state index in [1.54, 1.807) is 0 Å². The Kier molecular flexibility index (Phi) is 2.84. The fourth-order valence-corrected chi connectivity index (χ4v) is 2.98. The van der Waals surface area contributed by atoms with Gasteiger partial charge in [0.1, 0.15) is 5.65 Å². The lowest BCUT2D eigenvalue weighted by atomic mass is 9.93. The maximum absolute atomic E-state index is 6.13. The van der Waals surface area contributed by atoms with Gasteiger partial charge in [0, 0.05) is 36.9 Å². The van der Waals surface area contributed by atoms with Gasteiger partial charge in [0.15, 0.2) is 0 Å². The zero-order valence-corrected chi connectivity index (χ0v) is 11.0. The summed E-state index contributed by atoms with van der Waals surface area (Å²) in [5.74, 6) is 0. The van der Waals surface area contributed by atoms with Crippen molar-refractivity contribution >= 4 is 11.0 Å². The average molecular weight is 244 g/mol. The van der Waals surface area contributed by atoms with Crippen LogP contribution in [0.2, 0.25) is 0 Å². The Morgan fingerprint density at radius 2 is 2.22 bits per heavy atom. The van der Waals surface area contributed by atoms with E-state index in [-0.39, 0.29) is 0 Å². The number of rotatable bonds is 1. The van der Waals surface area contributed by atoms with Gasteiger partial charge in [-0.05, 0) is 44.1 Å². The molecule has 0 radical (unpaired) electrons. The van der Waals surface area contributed by atoms with Gasteiger partial charge < -0.3 is 10.3 Å². The van der Waals surface area contributed by atoms with E-state index in [1.807, 2.05) is 12.3 Å². The molecule has 2 N–H and O–H groups in total. The van der Waals surface area contributed by atoms with Crippen LogP contribution in [0.15, 0.2) is 24.5 Å². The molecule has 2 aromatic heterocycles. The first-order chi connectivity index (χ1) is 8.66. The molecule has 1 saturated heterocycles. The van der Waals surface area contributed by atoms with Gasteiger partial charge in [-0.3, -0.25) is 4.90 Å². The largest absolute Gasteiger partial charge is 0.335 e. The summed E-state index contributed by atoms with van der Waals surface area (Å²) in [6.45, 7) is 1.07. The van der Waals surface area contributed by atoms with E-state index in [0.717, 1.165) is 25.0 Å². The van der Waals surface area contributed by atoms with E-state index in [1.165, 1.54) is 10.9 Å². The van der Waals surface area contributed by atoms with Crippen LogP contribution in [0, 0.1) is 0 Å². The lowest BCUT2D eigenvalue weighted by Crippen LogP contribution is -2.39. The number of fused-ring (bicyclic) bond motifs is 1. The smallest absolute Gasteiger partial charge is 0.139 e. The van der Waals surface area contributed by atoms with Gasteiger partial charge in [-0.1, -0.05) is 0 Å². The molecule has 96 valence electrons. The van der Waals surface area contributed by atoms with Crippen LogP contribution in [0.4, 0.5) is 0 Å². The SMILES string of the molecule is CN1CCC(N)CC1c1cn(C)c2ncccc12. The van der Waals surface area contributed by atoms with Crippen molar-refractivity contribution in [2.45, 2.75) is 24.9 Å². The van der Waals surface area contributed by atoms with Crippen LogP contribution in [0.1, 0.15) is 24.4 Å². The first kappa shape index (κ1) is 11.7. The van der Waals surface area contributed by atoms with Crippen molar-refractivity contribution in [3.63, 3.8) is 0 Å². The minimum absolute atomic E-state index is 0.318. The molecular formula is C14H20N4. The highest BCUT2D eigenvalue weighted by atomic mass is 15.1. The molecule has 0 aromatic carbocycles. The van der Waals surface area contributed by atoms with Crippen molar-refractivity contribution in [3.8, 4) is 0 Å². The average Bonchev–Trinajstić information content (AvgIpc) is 2.71. The molecule has 4 nitrogen and oxygen atoms in total. The zero-order chi connectivity index (χ0) is 12.7. The highest BCUT2D eigenvalue weighted by Crippen LogP contribution is 2.33. The predicted octanol–water partition coefficient (Wildman–Crippen LogP) is 1.67. The molecule has 2 atom stereocenters. The predicted molar refractivity (Wildman–Crippen MR) is 73.3 cm³/mol. The second kappa shape index (κ2) is 4.37. The third kappa shape index (κ3) is 1.82. The van der Waals surface area contributed by atoms with Crippen molar-refractivity contribution < 1.29 is 0 Å². The van der Waals surface area contributed by atoms with Crippen LogP contribution >= 0.6 is 0 Å². The monoisotopic (exact) mass is 244 g/mol. The number of likely N-dealkylation sites (tertiary alicyclic amines) is 1. The summed E-state index contributed by atoms with van der Waals surface area (Å²) in [6, 6.07) is 4.90. The molecule has 0 amide bonds. The molecule has 1 aliphatic heterocycles. The van der Waals surface area contributed by atoms with Gasteiger partial charge in [-0.25, -0.2) is 4.98 Å². The molecule has 0 aliphatic carbocycles. The number of aryl methyl sites for hydroxylation is 1. The van der Waals surface area contributed by atoms with Gasteiger partial charge in [0.25, 0.3) is 0 Å². The van der Waals surface area contributed by atoms with E-state index in [0.29, 0.717) is 12.1 Å². The third-order valence-corrected chi connectivity index (χ3v) is 4.03. The van der Waals surface area contributed by atoms with Crippen molar-refractivity contribution in [2.75, 3.05) is 13.6 Å². The Morgan fingerprint density at radius 3 is 3.06 bits per heavy atom. The van der Waals surface area contributed by atoms with Crippen LogP contribution in [0.3, 0.4) is 0 Å². The van der Waals surface area contributed by atoms with E-state index < -0.39 is 0 Å². The van der Waals surface area contributed by atoms with Gasteiger partial charge >= 0.3 is 0 Å². The number of aromatic nitrogens is 2. The molecule has 3 heterocycles. The summed E-state index contributed by atoms with van der Waals surface area (Å²) < 4.78 is 2.11. The minimum atomic E-state index is 0.318. The topological polar surface area (TPSA) is 47.1 Å². The first-order valence-corrected chi connectivity index (χ1v) is 6.52. The highest BCUT2D eigenvalue weighted by molar-refractivity contribution is 5.80. The quantitative estimate of drug-likeness (QED) is 0.830. The second-order valence-corrected chi connectivity index (χ2v) is 5.35. The summed E-state index contributed by atoms with van der Waals surface area (Å²) in [5.41, 5.74) is 8.54. The van der Waals surface area contributed by atoms with Crippen LogP contribution in [0.5, 0.6) is 0 Å². The Labute approximate surface area is 107 Å². The van der Waals surface area contributed by atoms with E-state index in [4.69, 9.17) is 5.73 Å². The third-order valence-electron chi connectivity index (χ3n) is 4.03. The van der Waals surface area contributed by atoms with Crippen LogP contribution < -0.4 is 5.73 Å². The number of piperidine rings is 1. The maximum Gasteiger partial charge on any atom is 0.139 e. The number of pyridine rings is 1. The molecule has 0 saturated carbocycles. The Bertz CT molecular complexity index is 560. The molecule has 18 heavy (non-hydrogen) atoms. The van der Waals surface area contributed by atoms with Gasteiger partial charge in [-0.2, -0.15) is 0 Å². The summed E-state index contributed by atoms with van der Waals surface area (Å²) in [7, 11) is 4.24. The number of hydrogen-bond donors (Lipinski definition) is 1. The molecule has 3 rings (SSSR count). The summed E-state index contributed by atoms with van der Waals surface area (Å²) in [4.78, 5) is 6.86. The van der Waals surface area contributed by atoms with Crippen molar-refractivity contribution in [1.29, 1.82) is 0 Å². The molecule has 4 heteroatoms. The van der Waals surface area contributed by atoms with Gasteiger partial charge in [0.2, 0.25) is 0 Å². The molecule has 1 aliphatic rings. The van der Waals surface area contributed by atoms with Gasteiger partial charge in [-0.15, -0.1) is 0 Å². The van der Waals surface area contributed by atoms with E-state index in [2.05, 4.69) is 40.8 Å². The number of nitrogens with two attached hydrogens (primary N) is 1. The second-order valence-electron chi connectivity index (χ2n) is 5.35. The molecule has 0 spiro atoms.